The Morgan fingerprint density at radius 3 is 2.42 bits per heavy atom. The maximum absolute atomic E-state index is 4.31. The molecule has 0 spiro atoms. The Bertz CT molecular complexity index is 284. The Labute approximate surface area is 79.8 Å². The fourth-order valence-corrected chi connectivity index (χ4v) is 1.02. The second kappa shape index (κ2) is 4.85. The highest BCUT2D eigenvalue weighted by molar-refractivity contribution is 9.07. The number of para-hydroxylation sites is 1. The average Bonchev–Trinajstić information content (AvgIpc) is 2.21. The number of hydrogen-bond acceptors (Lipinski definition) is 2. The lowest BCUT2D eigenvalue weighted by molar-refractivity contribution is 1.41. The number of fused-ring (bicyclic) bond motifs is 1. The molecule has 0 atom stereocenters. The molecule has 0 unspecified atom stereocenters. The average molecular weight is 225 g/mol. The molecule has 1 heterocycles. The van der Waals surface area contributed by atoms with Gasteiger partial charge >= 0.3 is 0 Å². The van der Waals surface area contributed by atoms with Gasteiger partial charge in [-0.3, -0.25) is 9.74 Å². The van der Waals surface area contributed by atoms with E-state index in [-0.39, 0.29) is 0 Å². The van der Waals surface area contributed by atoms with E-state index in [2.05, 4.69) is 38.0 Å². The monoisotopic (exact) mass is 224 g/mol. The molecule has 0 saturated carbocycles. The number of nitrogens with zero attached hydrogens (tertiary/aromatic N) is 1. The summed E-state index contributed by atoms with van der Waals surface area (Å²) in [4.78, 5) is 4.18. The van der Waals surface area contributed by atoms with E-state index in [0.717, 1.165) is 5.52 Å². The minimum absolute atomic E-state index is 1.06. The molecule has 0 radical (unpaired) electrons. The maximum Gasteiger partial charge on any atom is 0.0701 e. The highest BCUT2D eigenvalue weighted by Gasteiger charge is 1.86. The molecule has 2 rings (SSSR count). The van der Waals surface area contributed by atoms with Crippen molar-refractivity contribution < 1.29 is 0 Å². The van der Waals surface area contributed by atoms with Crippen LogP contribution in [-0.2, 0) is 0 Å². The van der Waals surface area contributed by atoms with Gasteiger partial charge < -0.3 is 0 Å². The predicted octanol–water partition coefficient (Wildman–Crippen LogP) is 2.49. The van der Waals surface area contributed by atoms with E-state index >= 15 is 0 Å². The third-order valence-electron chi connectivity index (χ3n) is 1.51. The zero-order chi connectivity index (χ0) is 8.81. The van der Waals surface area contributed by atoms with E-state index in [9.17, 15) is 0 Å². The lowest BCUT2D eigenvalue weighted by atomic mass is 10.2. The second-order valence-electron chi connectivity index (χ2n) is 2.20. The SMILES string of the molecule is NBr.c1ccc2ncccc2c1. The third kappa shape index (κ3) is 2.03. The zero-order valence-electron chi connectivity index (χ0n) is 6.44. The van der Waals surface area contributed by atoms with E-state index in [1.165, 1.54) is 5.39 Å². The van der Waals surface area contributed by atoms with Gasteiger partial charge in [-0.25, -0.2) is 0 Å². The summed E-state index contributed by atoms with van der Waals surface area (Å²) in [6.45, 7) is 0. The van der Waals surface area contributed by atoms with Gasteiger partial charge in [0.15, 0.2) is 0 Å². The standard InChI is InChI=1S/C9H7N.BrH2N/c1-2-6-9-8(4-1)5-3-7-10-9;1-2/h1-7H;2H2. The number of benzene rings is 1. The van der Waals surface area contributed by atoms with Gasteiger partial charge in [0.1, 0.15) is 0 Å². The van der Waals surface area contributed by atoms with Crippen molar-refractivity contribution >= 4 is 27.1 Å². The lowest BCUT2D eigenvalue weighted by Gasteiger charge is -1.91. The Balaban J connectivity index is 0.000000336. The molecule has 0 fully saturated rings. The van der Waals surface area contributed by atoms with E-state index in [1.54, 1.807) is 0 Å². The summed E-state index contributed by atoms with van der Waals surface area (Å²) < 4.78 is 4.31. The van der Waals surface area contributed by atoms with E-state index in [0.29, 0.717) is 0 Å². The van der Waals surface area contributed by atoms with Gasteiger partial charge in [0.05, 0.1) is 5.52 Å². The van der Waals surface area contributed by atoms with Crippen LogP contribution in [0.2, 0.25) is 0 Å². The van der Waals surface area contributed by atoms with Crippen molar-refractivity contribution in [3.63, 3.8) is 0 Å². The van der Waals surface area contributed by atoms with Crippen LogP contribution in [-0.4, -0.2) is 4.98 Å². The number of halogens is 1. The van der Waals surface area contributed by atoms with Crippen LogP contribution in [0.1, 0.15) is 0 Å². The van der Waals surface area contributed by atoms with E-state index < -0.39 is 0 Å². The molecule has 0 aliphatic heterocycles. The Morgan fingerprint density at radius 2 is 1.67 bits per heavy atom. The summed E-state index contributed by atoms with van der Waals surface area (Å²) in [5.74, 6) is 0. The third-order valence-corrected chi connectivity index (χ3v) is 1.51. The van der Waals surface area contributed by atoms with Gasteiger partial charge in [-0.2, -0.15) is 0 Å². The molecule has 0 bridgehead atoms. The molecule has 62 valence electrons. The lowest BCUT2D eigenvalue weighted by Crippen LogP contribution is -1.73. The summed E-state index contributed by atoms with van der Waals surface area (Å²) in [5.41, 5.74) is 1.06. The normalized spacial score (nSPS) is 8.83. The summed E-state index contributed by atoms with van der Waals surface area (Å²) in [6, 6.07) is 12.1. The molecular formula is C9H9BrN2. The van der Waals surface area contributed by atoms with Crippen molar-refractivity contribution in [2.24, 2.45) is 4.76 Å². The van der Waals surface area contributed by atoms with Crippen molar-refractivity contribution in [2.45, 2.75) is 0 Å². The Morgan fingerprint density at radius 1 is 1.00 bits per heavy atom. The van der Waals surface area contributed by atoms with Crippen LogP contribution < -0.4 is 4.76 Å². The van der Waals surface area contributed by atoms with Crippen LogP contribution in [0.25, 0.3) is 10.9 Å². The predicted molar refractivity (Wildman–Crippen MR) is 54.9 cm³/mol. The fourth-order valence-electron chi connectivity index (χ4n) is 1.02. The van der Waals surface area contributed by atoms with Crippen LogP contribution in [0.4, 0.5) is 0 Å². The summed E-state index contributed by atoms with van der Waals surface area (Å²) >= 11 is 2.44. The van der Waals surface area contributed by atoms with Gasteiger partial charge in [-0.1, -0.05) is 24.3 Å². The molecule has 2 aromatic rings. The first-order chi connectivity index (χ1) is 5.97. The van der Waals surface area contributed by atoms with Gasteiger partial charge in [-0.05, 0) is 12.1 Å². The highest BCUT2D eigenvalue weighted by Crippen LogP contribution is 2.07. The molecule has 2 nitrogen and oxygen atoms in total. The molecular weight excluding hydrogens is 216 g/mol. The quantitative estimate of drug-likeness (QED) is 0.699. The number of aromatic nitrogens is 1. The van der Waals surface area contributed by atoms with Crippen LogP contribution in [0.3, 0.4) is 0 Å². The van der Waals surface area contributed by atoms with Crippen molar-refractivity contribution in [3.05, 3.63) is 42.6 Å². The smallest absolute Gasteiger partial charge is 0.0701 e. The first kappa shape index (κ1) is 9.16. The zero-order valence-corrected chi connectivity index (χ0v) is 8.03. The fraction of sp³-hybridized carbons (Fsp3) is 0. The van der Waals surface area contributed by atoms with Crippen molar-refractivity contribution in [3.8, 4) is 0 Å². The molecule has 0 saturated heterocycles. The van der Waals surface area contributed by atoms with Gasteiger partial charge in [-0.15, -0.1) is 0 Å². The highest BCUT2D eigenvalue weighted by atomic mass is 79.9. The number of pyridine rings is 1. The van der Waals surface area contributed by atoms with Crippen molar-refractivity contribution in [2.75, 3.05) is 0 Å². The van der Waals surface area contributed by atoms with E-state index in [1.807, 2.05) is 30.5 Å². The summed E-state index contributed by atoms with van der Waals surface area (Å²) in [6.07, 6.45) is 1.81. The Hall–Kier alpha value is -0.930. The topological polar surface area (TPSA) is 38.9 Å². The first-order valence-electron chi connectivity index (χ1n) is 3.48. The number of nitrogens with two attached hydrogens (primary N) is 1. The first-order valence-corrected chi connectivity index (χ1v) is 4.40. The molecule has 1 aromatic heterocycles. The summed E-state index contributed by atoms with van der Waals surface area (Å²) in [7, 11) is 0. The molecule has 2 N–H and O–H groups in total. The molecule has 0 aliphatic rings. The maximum atomic E-state index is 4.31. The van der Waals surface area contributed by atoms with Crippen molar-refractivity contribution in [1.29, 1.82) is 0 Å². The summed E-state index contributed by atoms with van der Waals surface area (Å²) in [5, 5.41) is 1.20. The minimum Gasteiger partial charge on any atom is -0.270 e. The van der Waals surface area contributed by atoms with Crippen LogP contribution >= 0.6 is 16.1 Å². The molecule has 0 amide bonds. The molecule has 12 heavy (non-hydrogen) atoms. The largest absolute Gasteiger partial charge is 0.270 e. The van der Waals surface area contributed by atoms with Crippen LogP contribution in [0.5, 0.6) is 0 Å². The Kier molecular flexibility index (Phi) is 3.70. The minimum atomic E-state index is 1.06. The molecule has 3 heteroatoms. The number of rotatable bonds is 0. The van der Waals surface area contributed by atoms with Crippen LogP contribution in [0.15, 0.2) is 42.6 Å². The van der Waals surface area contributed by atoms with Gasteiger partial charge in [0.25, 0.3) is 0 Å². The van der Waals surface area contributed by atoms with Crippen molar-refractivity contribution in [1.82, 2.24) is 4.98 Å². The molecule has 0 aliphatic carbocycles. The molecule has 1 aromatic carbocycles. The van der Waals surface area contributed by atoms with Crippen LogP contribution in [0, 0.1) is 0 Å². The van der Waals surface area contributed by atoms with Gasteiger partial charge in [0, 0.05) is 27.7 Å². The van der Waals surface area contributed by atoms with E-state index in [4.69, 9.17) is 0 Å². The van der Waals surface area contributed by atoms with Gasteiger partial charge in [0.2, 0.25) is 0 Å². The second-order valence-corrected chi connectivity index (χ2v) is 2.20. The number of hydrogen-bond donors (Lipinski definition) is 1.